The average Bonchev–Trinajstić information content (AvgIpc) is 3.19. The minimum Gasteiger partial charge on any atom is -0.375 e. The molecule has 0 atom stereocenters. The number of aromatic amines is 1. The molecule has 2 fully saturated rings. The van der Waals surface area contributed by atoms with Crippen LogP contribution in [0.1, 0.15) is 51.0 Å². The Bertz CT molecular complexity index is 980. The first-order valence-electron chi connectivity index (χ1n) is 11.5. The summed E-state index contributed by atoms with van der Waals surface area (Å²) < 4.78 is 6.42. The minimum absolute atomic E-state index is 0.415. The molecule has 0 amide bonds. The molecule has 3 heterocycles. The molecule has 1 aromatic carbocycles. The lowest BCUT2D eigenvalue weighted by Gasteiger charge is -2.36. The average molecular weight is 405 g/mol. The van der Waals surface area contributed by atoms with Crippen molar-refractivity contribution < 1.29 is 4.74 Å². The Kier molecular flexibility index (Phi) is 5.47. The Morgan fingerprint density at radius 1 is 0.967 bits per heavy atom. The Morgan fingerprint density at radius 3 is 2.47 bits per heavy atom. The van der Waals surface area contributed by atoms with E-state index in [4.69, 9.17) is 14.7 Å². The van der Waals surface area contributed by atoms with Gasteiger partial charge in [0, 0.05) is 24.8 Å². The van der Waals surface area contributed by atoms with Gasteiger partial charge in [0.05, 0.1) is 23.2 Å². The van der Waals surface area contributed by atoms with Crippen LogP contribution in [-0.2, 0) is 4.74 Å². The summed E-state index contributed by atoms with van der Waals surface area (Å²) in [4.78, 5) is 15.3. The summed E-state index contributed by atoms with van der Waals surface area (Å²) in [5.74, 6) is 2.81. The van der Waals surface area contributed by atoms with E-state index < -0.39 is 0 Å². The molecule has 0 bridgehead atoms. The fourth-order valence-corrected chi connectivity index (χ4v) is 4.83. The molecule has 3 aromatic rings. The van der Waals surface area contributed by atoms with Crippen LogP contribution < -0.4 is 4.90 Å². The van der Waals surface area contributed by atoms with Crippen molar-refractivity contribution in [1.82, 2.24) is 15.0 Å². The van der Waals surface area contributed by atoms with Crippen LogP contribution in [0.25, 0.3) is 22.4 Å². The molecule has 0 radical (unpaired) electrons. The predicted octanol–water partition coefficient (Wildman–Crippen LogP) is 5.50. The van der Waals surface area contributed by atoms with Gasteiger partial charge in [0.2, 0.25) is 0 Å². The smallest absolute Gasteiger partial charge is 0.140 e. The van der Waals surface area contributed by atoms with Crippen LogP contribution in [0.4, 0.5) is 5.82 Å². The molecular formula is C25H32N4O. The summed E-state index contributed by atoms with van der Waals surface area (Å²) in [5.41, 5.74) is 4.33. The van der Waals surface area contributed by atoms with Gasteiger partial charge in [0.1, 0.15) is 11.6 Å². The maximum Gasteiger partial charge on any atom is 0.140 e. The van der Waals surface area contributed by atoms with E-state index in [9.17, 15) is 0 Å². The highest BCUT2D eigenvalue weighted by atomic mass is 16.5. The Balaban J connectivity index is 1.19. The summed E-state index contributed by atoms with van der Waals surface area (Å²) in [6.07, 6.45) is 10.2. The third kappa shape index (κ3) is 4.22. The quantitative estimate of drug-likeness (QED) is 0.624. The summed E-state index contributed by atoms with van der Waals surface area (Å²) >= 11 is 0. The van der Waals surface area contributed by atoms with E-state index in [1.54, 1.807) is 0 Å². The van der Waals surface area contributed by atoms with Gasteiger partial charge in [-0.05, 0) is 81.2 Å². The van der Waals surface area contributed by atoms with Crippen LogP contribution in [-0.4, -0.2) is 40.2 Å². The fraction of sp³-hybridized carbons (Fsp3) is 0.520. The zero-order valence-electron chi connectivity index (χ0n) is 18.1. The first-order chi connectivity index (χ1) is 14.6. The van der Waals surface area contributed by atoms with Crippen LogP contribution in [0.15, 0.2) is 36.5 Å². The summed E-state index contributed by atoms with van der Waals surface area (Å²) in [6.45, 7) is 6.50. The molecule has 1 saturated carbocycles. The van der Waals surface area contributed by atoms with Crippen LogP contribution in [0.5, 0.6) is 0 Å². The number of fused-ring (bicyclic) bond motifs is 1. The van der Waals surface area contributed by atoms with Gasteiger partial charge in [-0.2, -0.15) is 0 Å². The number of benzene rings is 1. The summed E-state index contributed by atoms with van der Waals surface area (Å²) in [7, 11) is 0. The van der Waals surface area contributed by atoms with Crippen molar-refractivity contribution in [2.45, 2.75) is 64.6 Å². The number of H-pyrrole nitrogens is 1. The maximum absolute atomic E-state index is 6.42. The minimum atomic E-state index is 0.415. The van der Waals surface area contributed by atoms with Gasteiger partial charge in [-0.25, -0.2) is 9.97 Å². The lowest BCUT2D eigenvalue weighted by Crippen LogP contribution is -2.39. The topological polar surface area (TPSA) is 54.0 Å². The largest absolute Gasteiger partial charge is 0.375 e. The van der Waals surface area contributed by atoms with Crippen LogP contribution in [0, 0.1) is 12.8 Å². The van der Waals surface area contributed by atoms with Crippen LogP contribution in [0.3, 0.4) is 0 Å². The lowest BCUT2D eigenvalue weighted by molar-refractivity contribution is -0.0447. The molecule has 2 aliphatic rings. The third-order valence-electron chi connectivity index (χ3n) is 6.77. The van der Waals surface area contributed by atoms with E-state index in [1.807, 2.05) is 6.20 Å². The number of hydrogen-bond donors (Lipinski definition) is 1. The number of rotatable bonds is 4. The van der Waals surface area contributed by atoms with E-state index in [2.05, 4.69) is 54.1 Å². The Hall–Kier alpha value is -2.40. The summed E-state index contributed by atoms with van der Waals surface area (Å²) in [5, 5.41) is 0. The monoisotopic (exact) mass is 404 g/mol. The molecule has 30 heavy (non-hydrogen) atoms. The molecule has 2 aromatic heterocycles. The number of aryl methyl sites for hydroxylation is 1. The Labute approximate surface area is 178 Å². The van der Waals surface area contributed by atoms with Crippen molar-refractivity contribution in [1.29, 1.82) is 0 Å². The molecule has 5 rings (SSSR count). The highest BCUT2D eigenvalue weighted by Crippen LogP contribution is 2.29. The highest BCUT2D eigenvalue weighted by molar-refractivity contribution is 5.79. The van der Waals surface area contributed by atoms with Gasteiger partial charge in [0.15, 0.2) is 0 Å². The van der Waals surface area contributed by atoms with Crippen molar-refractivity contribution in [2.75, 3.05) is 18.0 Å². The summed E-state index contributed by atoms with van der Waals surface area (Å²) in [6, 6.07) is 10.5. The normalized spacial score (nSPS) is 23.2. The zero-order chi connectivity index (χ0) is 20.5. The molecule has 1 saturated heterocycles. The van der Waals surface area contributed by atoms with E-state index in [0.717, 1.165) is 60.1 Å². The maximum atomic E-state index is 6.42. The first-order valence-corrected chi connectivity index (χ1v) is 11.5. The van der Waals surface area contributed by atoms with Gasteiger partial charge in [-0.3, -0.25) is 0 Å². The number of aromatic nitrogens is 3. The van der Waals surface area contributed by atoms with Crippen molar-refractivity contribution in [2.24, 2.45) is 5.92 Å². The van der Waals surface area contributed by atoms with Gasteiger partial charge < -0.3 is 14.6 Å². The SMILES string of the molecule is Cc1ccc2nc(-c3ccc(N4CCC(OC5CCC(C)CC5)CC4)nc3)[nH]c2c1. The number of nitrogens with zero attached hydrogens (tertiary/aromatic N) is 3. The number of anilines is 1. The van der Waals surface area contributed by atoms with Gasteiger partial charge in [0.25, 0.3) is 0 Å². The molecule has 1 aliphatic heterocycles. The molecule has 158 valence electrons. The van der Waals surface area contributed by atoms with E-state index in [0.29, 0.717) is 12.2 Å². The number of hydrogen-bond acceptors (Lipinski definition) is 4. The lowest BCUT2D eigenvalue weighted by atomic mass is 9.88. The fourth-order valence-electron chi connectivity index (χ4n) is 4.83. The van der Waals surface area contributed by atoms with E-state index in [-0.39, 0.29) is 0 Å². The molecule has 1 N–H and O–H groups in total. The second-order valence-electron chi connectivity index (χ2n) is 9.22. The van der Waals surface area contributed by atoms with Crippen molar-refractivity contribution in [3.63, 3.8) is 0 Å². The standard InChI is InChI=1S/C25H32N4O/c1-17-3-7-20(8-4-17)30-21-11-13-29(14-12-21)24-10-6-19(16-26-24)25-27-22-9-5-18(2)15-23(22)28-25/h5-6,9-10,15-17,20-21H,3-4,7-8,11-14H2,1-2H3,(H,27,28). The molecule has 5 nitrogen and oxygen atoms in total. The molecule has 0 unspecified atom stereocenters. The van der Waals surface area contributed by atoms with Crippen molar-refractivity contribution in [3.05, 3.63) is 42.1 Å². The zero-order valence-corrected chi connectivity index (χ0v) is 18.1. The van der Waals surface area contributed by atoms with Crippen LogP contribution >= 0.6 is 0 Å². The van der Waals surface area contributed by atoms with Crippen molar-refractivity contribution in [3.8, 4) is 11.4 Å². The Morgan fingerprint density at radius 2 is 1.73 bits per heavy atom. The highest BCUT2D eigenvalue weighted by Gasteiger charge is 2.26. The third-order valence-corrected chi connectivity index (χ3v) is 6.77. The molecule has 1 aliphatic carbocycles. The number of nitrogens with one attached hydrogen (secondary N) is 1. The first kappa shape index (κ1) is 19.6. The van der Waals surface area contributed by atoms with Gasteiger partial charge >= 0.3 is 0 Å². The second-order valence-corrected chi connectivity index (χ2v) is 9.22. The second kappa shape index (κ2) is 8.38. The number of piperidine rings is 1. The van der Waals surface area contributed by atoms with Gasteiger partial charge in [-0.15, -0.1) is 0 Å². The number of imidazole rings is 1. The number of ether oxygens (including phenoxy) is 1. The van der Waals surface area contributed by atoms with Crippen molar-refractivity contribution >= 4 is 16.9 Å². The molecule has 5 heteroatoms. The number of pyridine rings is 1. The predicted molar refractivity (Wildman–Crippen MR) is 122 cm³/mol. The van der Waals surface area contributed by atoms with E-state index in [1.165, 1.54) is 31.2 Å². The van der Waals surface area contributed by atoms with E-state index >= 15 is 0 Å². The van der Waals surface area contributed by atoms with Gasteiger partial charge in [-0.1, -0.05) is 13.0 Å². The van der Waals surface area contributed by atoms with Crippen LogP contribution in [0.2, 0.25) is 0 Å². The molecular weight excluding hydrogens is 372 g/mol. The molecule has 0 spiro atoms.